The Labute approximate surface area is 128 Å². The highest BCUT2D eigenvalue weighted by molar-refractivity contribution is 5.94. The van der Waals surface area contributed by atoms with Crippen LogP contribution in [0.15, 0.2) is 41.3 Å². The molecule has 6 heteroatoms. The van der Waals surface area contributed by atoms with Gasteiger partial charge in [-0.25, -0.2) is 4.98 Å². The molecule has 1 fully saturated rings. The van der Waals surface area contributed by atoms with E-state index in [1.165, 1.54) is 4.57 Å². The number of aromatic nitrogens is 2. The van der Waals surface area contributed by atoms with Crippen LogP contribution in [0.3, 0.4) is 0 Å². The number of carbonyl (C=O) groups is 1. The molecule has 1 aliphatic rings. The van der Waals surface area contributed by atoms with E-state index in [4.69, 9.17) is 4.74 Å². The van der Waals surface area contributed by atoms with Gasteiger partial charge in [-0.2, -0.15) is 0 Å². The fourth-order valence-corrected chi connectivity index (χ4v) is 2.36. The molecular weight excluding hydrogens is 282 g/mol. The number of hydrogen-bond acceptors (Lipinski definition) is 4. The summed E-state index contributed by atoms with van der Waals surface area (Å²) in [6, 6.07) is 8.83. The molecule has 114 valence electrons. The molecule has 1 aliphatic heterocycles. The van der Waals surface area contributed by atoms with E-state index in [0.717, 1.165) is 5.69 Å². The zero-order valence-electron chi connectivity index (χ0n) is 12.5. The van der Waals surface area contributed by atoms with Crippen molar-refractivity contribution in [1.82, 2.24) is 14.5 Å². The molecule has 6 nitrogen and oxygen atoms in total. The Balaban J connectivity index is 1.62. The summed E-state index contributed by atoms with van der Waals surface area (Å²) in [5.41, 5.74) is 0.798. The van der Waals surface area contributed by atoms with Gasteiger partial charge >= 0.3 is 0 Å². The van der Waals surface area contributed by atoms with E-state index >= 15 is 0 Å². The highest BCUT2D eigenvalue weighted by atomic mass is 16.5. The Bertz CT molecular complexity index is 763. The molecule has 2 aromatic heterocycles. The molecule has 0 aliphatic carbocycles. The molecule has 0 radical (unpaired) electrons. The van der Waals surface area contributed by atoms with Gasteiger partial charge in [0.15, 0.2) is 0 Å². The average molecular weight is 299 g/mol. The largest absolute Gasteiger partial charge is 0.471 e. The molecule has 3 heterocycles. The molecule has 1 amide bonds. The maximum Gasteiger partial charge on any atom is 0.263 e. The zero-order chi connectivity index (χ0) is 15.7. The van der Waals surface area contributed by atoms with Crippen molar-refractivity contribution in [3.8, 4) is 5.88 Å². The van der Waals surface area contributed by atoms with Crippen LogP contribution < -0.4 is 10.3 Å². The van der Waals surface area contributed by atoms with Gasteiger partial charge in [-0.05, 0) is 25.1 Å². The third-order valence-electron chi connectivity index (χ3n) is 3.64. The van der Waals surface area contributed by atoms with Gasteiger partial charge in [0, 0.05) is 25.0 Å². The van der Waals surface area contributed by atoms with Gasteiger partial charge in [-0.15, -0.1) is 0 Å². The molecular formula is C16H17N3O3. The molecule has 0 atom stereocenters. The Kier molecular flexibility index (Phi) is 3.66. The van der Waals surface area contributed by atoms with Crippen LogP contribution in [0.1, 0.15) is 16.1 Å². The Morgan fingerprint density at radius 3 is 2.77 bits per heavy atom. The van der Waals surface area contributed by atoms with Crippen molar-refractivity contribution in [3.63, 3.8) is 0 Å². The standard InChI is InChI=1S/C16H17N3O3/c1-11-5-3-7-14(17-11)22-12-9-19(10-12)16(21)13-6-4-8-18(2)15(13)20/h3-8,12H,9-10H2,1-2H3. The van der Waals surface area contributed by atoms with E-state index in [1.807, 2.05) is 19.1 Å². The second-order valence-electron chi connectivity index (χ2n) is 5.41. The second kappa shape index (κ2) is 5.63. The Hall–Kier alpha value is -2.63. The quantitative estimate of drug-likeness (QED) is 0.848. The van der Waals surface area contributed by atoms with Crippen molar-refractivity contribution in [2.45, 2.75) is 13.0 Å². The van der Waals surface area contributed by atoms with Crippen molar-refractivity contribution in [1.29, 1.82) is 0 Å². The lowest BCUT2D eigenvalue weighted by Gasteiger charge is -2.38. The lowest BCUT2D eigenvalue weighted by molar-refractivity contribution is 0.0158. The molecule has 3 rings (SSSR count). The molecule has 0 aromatic carbocycles. The van der Waals surface area contributed by atoms with Crippen LogP contribution in [0.4, 0.5) is 0 Å². The van der Waals surface area contributed by atoms with E-state index in [0.29, 0.717) is 19.0 Å². The molecule has 2 aromatic rings. The van der Waals surface area contributed by atoms with Gasteiger partial charge in [0.1, 0.15) is 11.7 Å². The summed E-state index contributed by atoms with van der Waals surface area (Å²) in [6.07, 6.45) is 1.55. The number of rotatable bonds is 3. The summed E-state index contributed by atoms with van der Waals surface area (Å²) in [7, 11) is 1.63. The summed E-state index contributed by atoms with van der Waals surface area (Å²) in [5, 5.41) is 0. The summed E-state index contributed by atoms with van der Waals surface area (Å²) in [5.74, 6) is 0.311. The van der Waals surface area contributed by atoms with Crippen molar-refractivity contribution >= 4 is 5.91 Å². The van der Waals surface area contributed by atoms with E-state index < -0.39 is 0 Å². The van der Waals surface area contributed by atoms with E-state index in [9.17, 15) is 9.59 Å². The van der Waals surface area contributed by atoms with E-state index in [1.54, 1.807) is 36.3 Å². The maximum atomic E-state index is 12.3. The fraction of sp³-hybridized carbons (Fsp3) is 0.312. The monoisotopic (exact) mass is 299 g/mol. The number of hydrogen-bond donors (Lipinski definition) is 0. The minimum Gasteiger partial charge on any atom is -0.471 e. The molecule has 1 saturated heterocycles. The fourth-order valence-electron chi connectivity index (χ4n) is 2.36. The van der Waals surface area contributed by atoms with Crippen molar-refractivity contribution in [2.75, 3.05) is 13.1 Å². The molecule has 22 heavy (non-hydrogen) atoms. The predicted molar refractivity (Wildman–Crippen MR) is 81.0 cm³/mol. The minimum atomic E-state index is -0.280. The van der Waals surface area contributed by atoms with Gasteiger partial charge in [-0.1, -0.05) is 6.07 Å². The second-order valence-corrected chi connectivity index (χ2v) is 5.41. The number of likely N-dealkylation sites (tertiary alicyclic amines) is 1. The van der Waals surface area contributed by atoms with Gasteiger partial charge < -0.3 is 14.2 Å². The third kappa shape index (κ3) is 2.72. The topological polar surface area (TPSA) is 64.4 Å². The van der Waals surface area contributed by atoms with Crippen LogP contribution in [-0.4, -0.2) is 39.6 Å². The molecule has 0 spiro atoms. The smallest absolute Gasteiger partial charge is 0.263 e. The first-order chi connectivity index (χ1) is 10.5. The number of aryl methyl sites for hydroxylation is 2. The summed E-state index contributed by atoms with van der Waals surface area (Å²) in [6.45, 7) is 2.83. The minimum absolute atomic E-state index is 0.0779. The van der Waals surface area contributed by atoms with E-state index in [-0.39, 0.29) is 23.1 Å². The predicted octanol–water partition coefficient (Wildman–Crippen LogP) is 0.992. The van der Waals surface area contributed by atoms with Crippen LogP contribution in [0.2, 0.25) is 0 Å². The lowest BCUT2D eigenvalue weighted by atomic mass is 10.1. The third-order valence-corrected chi connectivity index (χ3v) is 3.64. The lowest BCUT2D eigenvalue weighted by Crippen LogP contribution is -2.57. The first kappa shape index (κ1) is 14.3. The van der Waals surface area contributed by atoms with Crippen molar-refractivity contribution < 1.29 is 9.53 Å². The number of ether oxygens (including phenoxy) is 1. The van der Waals surface area contributed by atoms with E-state index in [2.05, 4.69) is 4.98 Å². The molecule has 0 N–H and O–H groups in total. The zero-order valence-corrected chi connectivity index (χ0v) is 12.5. The highest BCUT2D eigenvalue weighted by Gasteiger charge is 2.34. The average Bonchev–Trinajstić information content (AvgIpc) is 2.45. The first-order valence-corrected chi connectivity index (χ1v) is 7.10. The van der Waals surface area contributed by atoms with Crippen LogP contribution in [0, 0.1) is 6.92 Å². The normalized spacial score (nSPS) is 14.5. The van der Waals surface area contributed by atoms with Gasteiger partial charge in [0.25, 0.3) is 11.5 Å². The number of amides is 1. The van der Waals surface area contributed by atoms with Crippen LogP contribution in [-0.2, 0) is 7.05 Å². The molecule has 0 unspecified atom stereocenters. The van der Waals surface area contributed by atoms with Crippen molar-refractivity contribution in [2.24, 2.45) is 7.05 Å². The van der Waals surface area contributed by atoms with Gasteiger partial charge in [0.05, 0.1) is 13.1 Å². The molecule has 0 saturated carbocycles. The maximum absolute atomic E-state index is 12.3. The number of nitrogens with zero attached hydrogens (tertiary/aromatic N) is 3. The van der Waals surface area contributed by atoms with Gasteiger partial charge in [-0.3, -0.25) is 9.59 Å². The Morgan fingerprint density at radius 2 is 2.05 bits per heavy atom. The van der Waals surface area contributed by atoms with Crippen LogP contribution in [0.25, 0.3) is 0 Å². The summed E-state index contributed by atoms with van der Waals surface area (Å²) < 4.78 is 7.11. The highest BCUT2D eigenvalue weighted by Crippen LogP contribution is 2.17. The molecule has 0 bridgehead atoms. The number of carbonyl (C=O) groups excluding carboxylic acids is 1. The van der Waals surface area contributed by atoms with Gasteiger partial charge in [0.2, 0.25) is 5.88 Å². The summed E-state index contributed by atoms with van der Waals surface area (Å²) >= 11 is 0. The van der Waals surface area contributed by atoms with Crippen LogP contribution in [0.5, 0.6) is 5.88 Å². The first-order valence-electron chi connectivity index (χ1n) is 7.10. The number of pyridine rings is 2. The van der Waals surface area contributed by atoms with Crippen LogP contribution >= 0.6 is 0 Å². The Morgan fingerprint density at radius 1 is 1.27 bits per heavy atom. The summed E-state index contributed by atoms with van der Waals surface area (Å²) in [4.78, 5) is 30.1. The van der Waals surface area contributed by atoms with Crippen molar-refractivity contribution in [3.05, 3.63) is 58.1 Å². The SMILES string of the molecule is Cc1cccc(OC2CN(C(=O)c3cccn(C)c3=O)C2)n1.